The maximum absolute atomic E-state index is 12.1. The maximum atomic E-state index is 12.1. The van der Waals surface area contributed by atoms with Crippen molar-refractivity contribution in [2.75, 3.05) is 11.9 Å². The molecule has 0 saturated carbocycles. The van der Waals surface area contributed by atoms with Gasteiger partial charge in [0.1, 0.15) is 0 Å². The van der Waals surface area contributed by atoms with E-state index in [1.54, 1.807) is 0 Å². The summed E-state index contributed by atoms with van der Waals surface area (Å²) in [5.41, 5.74) is 1.85. The molecule has 6 nitrogen and oxygen atoms in total. The van der Waals surface area contributed by atoms with Crippen LogP contribution >= 0.6 is 0 Å². The molecule has 0 spiro atoms. The third kappa shape index (κ3) is 6.31. The number of carbonyl (C=O) groups is 1. The molecule has 6 heteroatoms. The Hall–Kier alpha value is -2.21. The number of carbonyl (C=O) groups excluding carboxylic acids is 1. The van der Waals surface area contributed by atoms with E-state index in [-0.39, 0.29) is 11.3 Å². The topological polar surface area (TPSA) is 80.0 Å². The van der Waals surface area contributed by atoms with Gasteiger partial charge in [0.15, 0.2) is 5.82 Å². The van der Waals surface area contributed by atoms with Crippen LogP contribution in [0.5, 0.6) is 0 Å². The minimum absolute atomic E-state index is 0.00355. The van der Waals surface area contributed by atoms with Crippen LogP contribution in [0.15, 0.2) is 28.8 Å². The van der Waals surface area contributed by atoms with Gasteiger partial charge >= 0.3 is 0 Å². The van der Waals surface area contributed by atoms with Gasteiger partial charge in [0.2, 0.25) is 11.8 Å². The van der Waals surface area contributed by atoms with Gasteiger partial charge in [-0.3, -0.25) is 4.79 Å². The standard InChI is InChI=1S/C19H28N4O2/c1-5-20-13-14-8-6-9-15(12-14)21-16(24)10-7-11-17-22-18(23-25-17)19(2,3)4/h6,8-9,12,20H,5,7,10-11,13H2,1-4H3,(H,21,24). The molecule has 0 aliphatic heterocycles. The third-order valence-electron chi connectivity index (χ3n) is 3.72. The molecule has 1 heterocycles. The monoisotopic (exact) mass is 344 g/mol. The van der Waals surface area contributed by atoms with Gasteiger partial charge in [-0.25, -0.2) is 0 Å². The summed E-state index contributed by atoms with van der Waals surface area (Å²) in [5.74, 6) is 1.28. The molecular formula is C19H28N4O2. The number of nitrogens with one attached hydrogen (secondary N) is 2. The Balaban J connectivity index is 1.78. The van der Waals surface area contributed by atoms with Gasteiger partial charge in [-0.1, -0.05) is 45.0 Å². The first-order valence-electron chi connectivity index (χ1n) is 8.81. The van der Waals surface area contributed by atoms with E-state index in [2.05, 4.69) is 27.7 Å². The largest absolute Gasteiger partial charge is 0.339 e. The van der Waals surface area contributed by atoms with Crippen LogP contribution in [0.4, 0.5) is 5.69 Å². The average Bonchev–Trinajstić information content (AvgIpc) is 3.02. The molecule has 0 saturated heterocycles. The summed E-state index contributed by atoms with van der Waals surface area (Å²) < 4.78 is 5.24. The summed E-state index contributed by atoms with van der Waals surface area (Å²) in [4.78, 5) is 16.5. The molecule has 0 aliphatic rings. The van der Waals surface area contributed by atoms with Crippen molar-refractivity contribution in [2.24, 2.45) is 0 Å². The number of hydrogen-bond donors (Lipinski definition) is 2. The van der Waals surface area contributed by atoms with E-state index in [0.29, 0.717) is 31.0 Å². The van der Waals surface area contributed by atoms with Gasteiger partial charge in [-0.05, 0) is 30.7 Å². The van der Waals surface area contributed by atoms with Crippen LogP contribution in [-0.4, -0.2) is 22.6 Å². The minimum atomic E-state index is -0.128. The lowest BCUT2D eigenvalue weighted by atomic mass is 9.96. The molecule has 136 valence electrons. The number of benzene rings is 1. The van der Waals surface area contributed by atoms with Gasteiger partial charge in [0.05, 0.1) is 0 Å². The molecule has 0 fully saturated rings. The smallest absolute Gasteiger partial charge is 0.226 e. The van der Waals surface area contributed by atoms with Crippen molar-refractivity contribution in [3.05, 3.63) is 41.5 Å². The van der Waals surface area contributed by atoms with Crippen molar-refractivity contribution in [3.8, 4) is 0 Å². The zero-order valence-electron chi connectivity index (χ0n) is 15.6. The molecule has 0 radical (unpaired) electrons. The van der Waals surface area contributed by atoms with Crippen LogP contribution in [0.2, 0.25) is 0 Å². The highest BCUT2D eigenvalue weighted by molar-refractivity contribution is 5.90. The highest BCUT2D eigenvalue weighted by Gasteiger charge is 2.20. The first-order chi connectivity index (χ1) is 11.9. The molecule has 0 unspecified atom stereocenters. The Morgan fingerprint density at radius 3 is 2.76 bits per heavy atom. The summed E-state index contributed by atoms with van der Waals surface area (Å²) in [6, 6.07) is 7.89. The maximum Gasteiger partial charge on any atom is 0.226 e. The molecule has 2 rings (SSSR count). The molecule has 2 aromatic rings. The van der Waals surface area contributed by atoms with Crippen LogP contribution in [0.25, 0.3) is 0 Å². The highest BCUT2D eigenvalue weighted by Crippen LogP contribution is 2.19. The molecule has 0 atom stereocenters. The van der Waals surface area contributed by atoms with Crippen molar-refractivity contribution >= 4 is 11.6 Å². The molecule has 0 aliphatic carbocycles. The zero-order valence-corrected chi connectivity index (χ0v) is 15.6. The van der Waals surface area contributed by atoms with Crippen molar-refractivity contribution in [3.63, 3.8) is 0 Å². The number of anilines is 1. The molecule has 0 bridgehead atoms. The van der Waals surface area contributed by atoms with Crippen LogP contribution in [0.3, 0.4) is 0 Å². The van der Waals surface area contributed by atoms with E-state index in [4.69, 9.17) is 4.52 Å². The van der Waals surface area contributed by atoms with E-state index in [9.17, 15) is 4.79 Å². The Kier molecular flexibility index (Phi) is 6.70. The summed E-state index contributed by atoms with van der Waals surface area (Å²) >= 11 is 0. The average molecular weight is 344 g/mol. The third-order valence-corrected chi connectivity index (χ3v) is 3.72. The van der Waals surface area contributed by atoms with Gasteiger partial charge in [0, 0.05) is 30.5 Å². The number of amides is 1. The minimum Gasteiger partial charge on any atom is -0.339 e. The summed E-state index contributed by atoms with van der Waals surface area (Å²) in [6.45, 7) is 9.91. The molecule has 25 heavy (non-hydrogen) atoms. The van der Waals surface area contributed by atoms with Crippen molar-refractivity contribution in [1.82, 2.24) is 15.5 Å². The van der Waals surface area contributed by atoms with Gasteiger partial charge < -0.3 is 15.2 Å². The number of aromatic nitrogens is 2. The van der Waals surface area contributed by atoms with Gasteiger partial charge in [0.25, 0.3) is 0 Å². The highest BCUT2D eigenvalue weighted by atomic mass is 16.5. The molecule has 1 aromatic carbocycles. The summed E-state index contributed by atoms with van der Waals surface area (Å²) in [5, 5.41) is 10.2. The fourth-order valence-corrected chi connectivity index (χ4v) is 2.31. The Labute approximate surface area is 149 Å². The first-order valence-corrected chi connectivity index (χ1v) is 8.81. The second-order valence-electron chi connectivity index (χ2n) is 7.14. The molecule has 1 amide bonds. The van der Waals surface area contributed by atoms with Crippen LogP contribution in [-0.2, 0) is 23.2 Å². The van der Waals surface area contributed by atoms with E-state index in [0.717, 1.165) is 24.3 Å². The van der Waals surface area contributed by atoms with E-state index >= 15 is 0 Å². The molecule has 2 N–H and O–H groups in total. The quantitative estimate of drug-likeness (QED) is 0.767. The van der Waals surface area contributed by atoms with Crippen molar-refractivity contribution < 1.29 is 9.32 Å². The second kappa shape index (κ2) is 8.76. The first kappa shape index (κ1) is 19.1. The second-order valence-corrected chi connectivity index (χ2v) is 7.14. The number of aryl methyl sites for hydroxylation is 1. The van der Waals surface area contributed by atoms with E-state index < -0.39 is 0 Å². The zero-order chi connectivity index (χ0) is 18.3. The summed E-state index contributed by atoms with van der Waals surface area (Å²) in [7, 11) is 0. The summed E-state index contributed by atoms with van der Waals surface area (Å²) in [6.07, 6.45) is 1.70. The molecular weight excluding hydrogens is 316 g/mol. The number of hydrogen-bond acceptors (Lipinski definition) is 5. The predicted octanol–water partition coefficient (Wildman–Crippen LogP) is 3.44. The SMILES string of the molecule is CCNCc1cccc(NC(=O)CCCc2nc(C(C)(C)C)no2)c1. The molecule has 1 aromatic heterocycles. The lowest BCUT2D eigenvalue weighted by molar-refractivity contribution is -0.116. The lowest BCUT2D eigenvalue weighted by Crippen LogP contribution is -2.14. The van der Waals surface area contributed by atoms with Gasteiger partial charge in [-0.2, -0.15) is 4.98 Å². The number of rotatable bonds is 8. The Bertz CT molecular complexity index is 689. The Morgan fingerprint density at radius 1 is 1.28 bits per heavy atom. The normalized spacial score (nSPS) is 11.5. The van der Waals surface area contributed by atoms with Crippen LogP contribution < -0.4 is 10.6 Å². The Morgan fingerprint density at radius 2 is 2.08 bits per heavy atom. The predicted molar refractivity (Wildman–Crippen MR) is 98.4 cm³/mol. The van der Waals surface area contributed by atoms with Crippen LogP contribution in [0, 0.1) is 0 Å². The van der Waals surface area contributed by atoms with E-state index in [1.165, 1.54) is 0 Å². The number of nitrogens with zero attached hydrogens (tertiary/aromatic N) is 2. The van der Waals surface area contributed by atoms with Crippen molar-refractivity contribution in [2.45, 2.75) is 58.9 Å². The fraction of sp³-hybridized carbons (Fsp3) is 0.526. The van der Waals surface area contributed by atoms with Crippen LogP contribution in [0.1, 0.15) is 57.8 Å². The van der Waals surface area contributed by atoms with E-state index in [1.807, 2.05) is 45.0 Å². The fourth-order valence-electron chi connectivity index (χ4n) is 2.31. The van der Waals surface area contributed by atoms with Crippen molar-refractivity contribution in [1.29, 1.82) is 0 Å². The lowest BCUT2D eigenvalue weighted by Gasteiger charge is -2.10. The van der Waals surface area contributed by atoms with Gasteiger partial charge in [-0.15, -0.1) is 0 Å².